The standard InChI is InChI=1S/C8H17FO3S.C3H9N/c1-2-3-4-5-6-7-8-13(10,11)12-9;1-4(2)3/h2-8H2,1H3;1-3H3. The molecule has 0 bridgehead atoms. The molecule has 106 valence electrons. The summed E-state index contributed by atoms with van der Waals surface area (Å²) in [6.07, 6.45) is 5.76. The van der Waals surface area contributed by atoms with Crippen LogP contribution in [0.4, 0.5) is 4.53 Å². The Kier molecular flexibility index (Phi) is 13.8. The van der Waals surface area contributed by atoms with Crippen molar-refractivity contribution in [2.24, 2.45) is 0 Å². The number of nitrogens with zero attached hydrogens (tertiary/aromatic N) is 1. The van der Waals surface area contributed by atoms with Crippen LogP contribution in [0.3, 0.4) is 0 Å². The molecule has 0 rings (SSSR count). The minimum absolute atomic E-state index is 0.213. The summed E-state index contributed by atoms with van der Waals surface area (Å²) < 4.78 is 35.1. The fourth-order valence-corrected chi connectivity index (χ4v) is 1.71. The monoisotopic (exact) mass is 271 g/mol. The maximum Gasteiger partial charge on any atom is 0.297 e. The van der Waals surface area contributed by atoms with Gasteiger partial charge in [-0.15, -0.1) is 0 Å². The summed E-state index contributed by atoms with van der Waals surface area (Å²) in [4.78, 5) is 2.00. The van der Waals surface area contributed by atoms with Gasteiger partial charge < -0.3 is 4.90 Å². The fraction of sp³-hybridized carbons (Fsp3) is 1.00. The van der Waals surface area contributed by atoms with Gasteiger partial charge in [0.05, 0.1) is 5.75 Å². The average molecular weight is 271 g/mol. The quantitative estimate of drug-likeness (QED) is 0.637. The topological polar surface area (TPSA) is 46.6 Å². The van der Waals surface area contributed by atoms with E-state index in [0.717, 1.165) is 25.7 Å². The first-order valence-electron chi connectivity index (χ1n) is 5.99. The molecular formula is C11H26FNO3S. The summed E-state index contributed by atoms with van der Waals surface area (Å²) in [6, 6.07) is 0. The molecule has 0 N–H and O–H groups in total. The first-order chi connectivity index (χ1) is 7.85. The summed E-state index contributed by atoms with van der Waals surface area (Å²) in [7, 11) is 2.12. The Bertz CT molecular complexity index is 240. The summed E-state index contributed by atoms with van der Waals surface area (Å²) >= 11 is 0. The molecule has 0 aromatic heterocycles. The molecular weight excluding hydrogens is 245 g/mol. The molecule has 17 heavy (non-hydrogen) atoms. The number of unbranched alkanes of at least 4 members (excludes halogenated alkanes) is 5. The van der Waals surface area contributed by atoms with E-state index in [0.29, 0.717) is 6.42 Å². The van der Waals surface area contributed by atoms with E-state index >= 15 is 0 Å². The van der Waals surface area contributed by atoms with E-state index in [1.807, 2.05) is 26.0 Å². The van der Waals surface area contributed by atoms with Crippen molar-refractivity contribution in [1.29, 1.82) is 0 Å². The van der Waals surface area contributed by atoms with Crippen LogP contribution in [0.25, 0.3) is 0 Å². The molecule has 0 spiro atoms. The molecule has 0 fully saturated rings. The third-order valence-electron chi connectivity index (χ3n) is 1.84. The smallest absolute Gasteiger partial charge is 0.297 e. The largest absolute Gasteiger partial charge is 0.312 e. The highest BCUT2D eigenvalue weighted by Crippen LogP contribution is 2.07. The lowest BCUT2D eigenvalue weighted by Crippen LogP contribution is -2.05. The van der Waals surface area contributed by atoms with Crippen molar-refractivity contribution in [2.75, 3.05) is 26.9 Å². The predicted molar refractivity (Wildman–Crippen MR) is 69.0 cm³/mol. The zero-order valence-corrected chi connectivity index (χ0v) is 12.2. The van der Waals surface area contributed by atoms with Crippen molar-refractivity contribution in [2.45, 2.75) is 45.4 Å². The Morgan fingerprint density at radius 2 is 1.41 bits per heavy atom. The Morgan fingerprint density at radius 1 is 1.00 bits per heavy atom. The maximum absolute atomic E-state index is 11.3. The zero-order chi connectivity index (χ0) is 13.7. The fourth-order valence-electron chi connectivity index (χ4n) is 1.09. The number of hydrogen-bond acceptors (Lipinski definition) is 4. The molecule has 6 heteroatoms. The van der Waals surface area contributed by atoms with Gasteiger partial charge in [0.1, 0.15) is 0 Å². The van der Waals surface area contributed by atoms with Gasteiger partial charge in [-0.3, -0.25) is 0 Å². The van der Waals surface area contributed by atoms with Crippen LogP contribution < -0.4 is 0 Å². The molecule has 0 saturated heterocycles. The van der Waals surface area contributed by atoms with E-state index in [9.17, 15) is 12.9 Å². The van der Waals surface area contributed by atoms with Crippen LogP contribution in [0.15, 0.2) is 0 Å². The number of hydrogen-bond donors (Lipinski definition) is 0. The SMILES string of the molecule is CCCCCCCCS(=O)(=O)OF.CN(C)C. The second kappa shape index (κ2) is 12.3. The number of rotatable bonds is 8. The van der Waals surface area contributed by atoms with Gasteiger partial charge in [0.25, 0.3) is 10.1 Å². The Labute approximate surface area is 105 Å². The van der Waals surface area contributed by atoms with Crippen molar-refractivity contribution in [3.63, 3.8) is 0 Å². The van der Waals surface area contributed by atoms with E-state index < -0.39 is 10.1 Å². The number of halogens is 1. The lowest BCUT2D eigenvalue weighted by molar-refractivity contribution is 0.00288. The molecule has 0 aliphatic carbocycles. The highest BCUT2D eigenvalue weighted by atomic mass is 32.2. The van der Waals surface area contributed by atoms with Gasteiger partial charge in [-0.05, 0) is 32.1 Å². The van der Waals surface area contributed by atoms with Gasteiger partial charge in [-0.1, -0.05) is 43.4 Å². The molecule has 4 nitrogen and oxygen atoms in total. The van der Waals surface area contributed by atoms with Crippen molar-refractivity contribution < 1.29 is 17.3 Å². The van der Waals surface area contributed by atoms with Gasteiger partial charge in [0.2, 0.25) is 0 Å². The van der Waals surface area contributed by atoms with E-state index in [1.165, 1.54) is 6.42 Å². The van der Waals surface area contributed by atoms with Gasteiger partial charge in [-0.2, -0.15) is 8.42 Å². The van der Waals surface area contributed by atoms with Crippen LogP contribution in [-0.2, 0) is 14.5 Å². The highest BCUT2D eigenvalue weighted by molar-refractivity contribution is 7.86. The van der Waals surface area contributed by atoms with Crippen molar-refractivity contribution >= 4 is 10.1 Å². The third-order valence-corrected chi connectivity index (χ3v) is 2.82. The molecule has 0 amide bonds. The molecule has 0 heterocycles. The molecule has 0 aliphatic heterocycles. The minimum atomic E-state index is -3.88. The Balaban J connectivity index is 0. The Morgan fingerprint density at radius 3 is 1.82 bits per heavy atom. The lowest BCUT2D eigenvalue weighted by Gasteiger charge is -1.99. The summed E-state index contributed by atoms with van der Waals surface area (Å²) in [5, 5.41) is 0. The third kappa shape index (κ3) is 21.6. The second-order valence-electron chi connectivity index (χ2n) is 4.43. The lowest BCUT2D eigenvalue weighted by atomic mass is 10.1. The van der Waals surface area contributed by atoms with Crippen LogP contribution in [0, 0.1) is 0 Å². The van der Waals surface area contributed by atoms with Crippen molar-refractivity contribution in [3.05, 3.63) is 0 Å². The van der Waals surface area contributed by atoms with Crippen LogP contribution >= 0.6 is 0 Å². The predicted octanol–water partition coefficient (Wildman–Crippen LogP) is 2.76. The van der Waals surface area contributed by atoms with Gasteiger partial charge in [-0.25, -0.2) is 0 Å². The maximum atomic E-state index is 11.3. The zero-order valence-electron chi connectivity index (χ0n) is 11.4. The van der Waals surface area contributed by atoms with E-state index in [2.05, 4.69) is 11.3 Å². The Hall–Kier alpha value is -0.200. The average Bonchev–Trinajstić information content (AvgIpc) is 2.22. The molecule has 0 atom stereocenters. The molecule has 0 aromatic carbocycles. The van der Waals surface area contributed by atoms with Gasteiger partial charge >= 0.3 is 0 Å². The van der Waals surface area contributed by atoms with Gasteiger partial charge in [0.15, 0.2) is 0 Å². The van der Waals surface area contributed by atoms with Crippen LogP contribution in [-0.4, -0.2) is 40.2 Å². The molecule has 0 aliphatic rings. The summed E-state index contributed by atoms with van der Waals surface area (Å²) in [6.45, 7) is 2.11. The first-order valence-corrected chi connectivity index (χ1v) is 7.57. The van der Waals surface area contributed by atoms with Crippen LogP contribution in [0.2, 0.25) is 0 Å². The molecule has 0 aromatic rings. The minimum Gasteiger partial charge on any atom is -0.312 e. The highest BCUT2D eigenvalue weighted by Gasteiger charge is 2.09. The summed E-state index contributed by atoms with van der Waals surface area (Å²) in [5.74, 6) is -0.213. The van der Waals surface area contributed by atoms with Gasteiger partial charge in [0, 0.05) is 0 Å². The van der Waals surface area contributed by atoms with Crippen molar-refractivity contribution in [1.82, 2.24) is 4.90 Å². The molecule has 0 unspecified atom stereocenters. The molecule has 0 saturated carbocycles. The van der Waals surface area contributed by atoms with Crippen molar-refractivity contribution in [3.8, 4) is 0 Å². The van der Waals surface area contributed by atoms with Crippen LogP contribution in [0.5, 0.6) is 0 Å². The summed E-state index contributed by atoms with van der Waals surface area (Å²) in [5.41, 5.74) is 0. The van der Waals surface area contributed by atoms with E-state index in [-0.39, 0.29) is 5.75 Å². The normalized spacial score (nSPS) is 11.2. The van der Waals surface area contributed by atoms with Crippen LogP contribution in [0.1, 0.15) is 45.4 Å². The van der Waals surface area contributed by atoms with E-state index in [1.54, 1.807) is 0 Å². The molecule has 0 radical (unpaired) electrons. The second-order valence-corrected chi connectivity index (χ2v) is 6.08. The van der Waals surface area contributed by atoms with E-state index in [4.69, 9.17) is 0 Å². The first kappa shape index (κ1) is 19.1.